The summed E-state index contributed by atoms with van der Waals surface area (Å²) in [6.45, 7) is 0. The topological polar surface area (TPSA) is 59.3 Å². The maximum Gasteiger partial charge on any atom is 0.220 e. The van der Waals surface area contributed by atoms with Crippen molar-refractivity contribution in [2.75, 3.05) is 11.0 Å². The minimum Gasteiger partial charge on any atom is -0.360 e. The molecule has 0 unspecified atom stereocenters. The molecule has 1 aliphatic heterocycles. The molecule has 2 heterocycles. The summed E-state index contributed by atoms with van der Waals surface area (Å²) in [4.78, 5) is 4.53. The molecule has 2 rings (SSSR count). The summed E-state index contributed by atoms with van der Waals surface area (Å²) in [7, 11) is 0. The van der Waals surface area contributed by atoms with Crippen LogP contribution in [-0.4, -0.2) is 5.16 Å². The molecule has 0 radical (unpaired) electrons. The molecule has 0 aromatic carbocycles. The van der Waals surface area contributed by atoms with Crippen molar-refractivity contribution < 1.29 is 9.46 Å². The lowest BCUT2D eigenvalue weighted by atomic mass is 10.6. The van der Waals surface area contributed by atoms with Crippen LogP contribution in [0.1, 0.15) is 0 Å². The molecule has 0 bridgehead atoms. The summed E-state index contributed by atoms with van der Waals surface area (Å²) in [6.07, 6.45) is 1.45. The summed E-state index contributed by atoms with van der Waals surface area (Å²) in [6, 6.07) is 0. The summed E-state index contributed by atoms with van der Waals surface area (Å²) in [5.74, 6) is 0.588. The number of nitrogens with one attached hydrogen (secondary N) is 2. The summed E-state index contributed by atoms with van der Waals surface area (Å²) >= 11 is 0. The highest BCUT2D eigenvalue weighted by Crippen LogP contribution is 2.23. The van der Waals surface area contributed by atoms with Crippen molar-refractivity contribution >= 4 is 11.5 Å². The summed E-state index contributed by atoms with van der Waals surface area (Å²) in [5.41, 5.74) is 5.70. The van der Waals surface area contributed by atoms with E-state index in [1.807, 2.05) is 0 Å². The van der Waals surface area contributed by atoms with Gasteiger partial charge in [0.15, 0.2) is 6.26 Å². The lowest BCUT2D eigenvalue weighted by Crippen LogP contribution is -1.95. The standard InChI is InChI=1S/C3H3N3O2/c1-2-3(5-7-1)6-8-4-2/h1,4H,(H,5,6). The molecule has 0 saturated heterocycles. The molecule has 1 aliphatic rings. The fourth-order valence-electron chi connectivity index (χ4n) is 0.512. The first-order valence-corrected chi connectivity index (χ1v) is 2.09. The molecule has 1 aromatic rings. The fourth-order valence-corrected chi connectivity index (χ4v) is 0.512. The van der Waals surface area contributed by atoms with Crippen LogP contribution in [0.25, 0.3) is 0 Å². The van der Waals surface area contributed by atoms with Gasteiger partial charge in [-0.05, 0) is 0 Å². The average molecular weight is 113 g/mol. The Morgan fingerprint density at radius 3 is 3.38 bits per heavy atom. The number of hydrogen-bond acceptors (Lipinski definition) is 5. The maximum absolute atomic E-state index is 4.53. The van der Waals surface area contributed by atoms with E-state index < -0.39 is 0 Å². The lowest BCUT2D eigenvalue weighted by Gasteiger charge is -1.86. The van der Waals surface area contributed by atoms with Gasteiger partial charge in [0.1, 0.15) is 5.69 Å². The van der Waals surface area contributed by atoms with Crippen molar-refractivity contribution in [3.8, 4) is 0 Å². The highest BCUT2D eigenvalue weighted by molar-refractivity contribution is 5.62. The van der Waals surface area contributed by atoms with E-state index in [1.54, 1.807) is 0 Å². The zero-order valence-corrected chi connectivity index (χ0v) is 3.84. The van der Waals surface area contributed by atoms with E-state index in [1.165, 1.54) is 6.26 Å². The van der Waals surface area contributed by atoms with Crippen molar-refractivity contribution in [1.82, 2.24) is 5.16 Å². The Morgan fingerprint density at radius 1 is 1.50 bits per heavy atom. The first-order valence-electron chi connectivity index (χ1n) is 2.09. The zero-order valence-electron chi connectivity index (χ0n) is 3.84. The van der Waals surface area contributed by atoms with E-state index in [-0.39, 0.29) is 0 Å². The number of aromatic nitrogens is 1. The zero-order chi connectivity index (χ0) is 5.40. The van der Waals surface area contributed by atoms with E-state index >= 15 is 0 Å². The molecule has 0 atom stereocenters. The molecule has 5 heteroatoms. The molecular weight excluding hydrogens is 110 g/mol. The van der Waals surface area contributed by atoms with E-state index in [2.05, 4.69) is 25.6 Å². The van der Waals surface area contributed by atoms with Crippen LogP contribution in [0.15, 0.2) is 10.8 Å². The van der Waals surface area contributed by atoms with Crippen LogP contribution in [0.4, 0.5) is 11.5 Å². The van der Waals surface area contributed by atoms with Gasteiger partial charge in [0, 0.05) is 0 Å². The Labute approximate surface area is 44.5 Å². The monoisotopic (exact) mass is 113 g/mol. The second kappa shape index (κ2) is 1.13. The van der Waals surface area contributed by atoms with Crippen molar-refractivity contribution in [3.63, 3.8) is 0 Å². The third kappa shape index (κ3) is 0.311. The summed E-state index contributed by atoms with van der Waals surface area (Å²) < 4.78 is 4.53. The largest absolute Gasteiger partial charge is 0.360 e. The second-order valence-electron chi connectivity index (χ2n) is 1.38. The van der Waals surface area contributed by atoms with Crippen LogP contribution in [-0.2, 0) is 4.94 Å². The van der Waals surface area contributed by atoms with E-state index in [9.17, 15) is 0 Å². The normalized spacial score (nSPS) is 14.5. The Morgan fingerprint density at radius 2 is 2.50 bits per heavy atom. The molecule has 1 aromatic heterocycles. The van der Waals surface area contributed by atoms with E-state index in [0.717, 1.165) is 5.69 Å². The smallest absolute Gasteiger partial charge is 0.220 e. The van der Waals surface area contributed by atoms with E-state index in [4.69, 9.17) is 0 Å². The third-order valence-corrected chi connectivity index (χ3v) is 0.878. The van der Waals surface area contributed by atoms with Crippen LogP contribution in [0.2, 0.25) is 0 Å². The highest BCUT2D eigenvalue weighted by Gasteiger charge is 2.12. The fraction of sp³-hybridized carbons (Fsp3) is 0. The number of rotatable bonds is 0. The summed E-state index contributed by atoms with van der Waals surface area (Å²) in [5, 5.41) is 3.52. The number of hydrogen-bond donors (Lipinski definition) is 2. The Hall–Kier alpha value is -1.23. The van der Waals surface area contributed by atoms with Crippen LogP contribution in [0.3, 0.4) is 0 Å². The van der Waals surface area contributed by atoms with Gasteiger partial charge in [-0.25, -0.2) is 11.0 Å². The number of fused-ring (bicyclic) bond motifs is 1. The Kier molecular flexibility index (Phi) is 0.528. The van der Waals surface area contributed by atoms with Crippen molar-refractivity contribution in [2.24, 2.45) is 0 Å². The van der Waals surface area contributed by atoms with Crippen LogP contribution in [0, 0.1) is 0 Å². The first-order chi connectivity index (χ1) is 3.97. The van der Waals surface area contributed by atoms with Gasteiger partial charge in [-0.1, -0.05) is 5.16 Å². The van der Waals surface area contributed by atoms with Crippen molar-refractivity contribution in [3.05, 3.63) is 6.26 Å². The molecule has 8 heavy (non-hydrogen) atoms. The number of nitrogens with zero attached hydrogens (tertiary/aromatic N) is 1. The van der Waals surface area contributed by atoms with Gasteiger partial charge in [-0.3, -0.25) is 0 Å². The third-order valence-electron chi connectivity index (χ3n) is 0.878. The van der Waals surface area contributed by atoms with Gasteiger partial charge in [0.05, 0.1) is 0 Å². The Bertz CT molecular complexity index is 178. The quantitative estimate of drug-likeness (QED) is 0.508. The molecule has 0 spiro atoms. The molecule has 2 N–H and O–H groups in total. The van der Waals surface area contributed by atoms with Gasteiger partial charge >= 0.3 is 0 Å². The van der Waals surface area contributed by atoms with Gasteiger partial charge in [0.2, 0.25) is 5.82 Å². The van der Waals surface area contributed by atoms with Crippen LogP contribution in [0.5, 0.6) is 0 Å². The highest BCUT2D eigenvalue weighted by atomic mass is 16.8. The molecule has 5 nitrogen and oxygen atoms in total. The van der Waals surface area contributed by atoms with Gasteiger partial charge in [0.25, 0.3) is 0 Å². The second-order valence-corrected chi connectivity index (χ2v) is 1.38. The average Bonchev–Trinajstić information content (AvgIpc) is 2.15. The lowest BCUT2D eigenvalue weighted by molar-refractivity contribution is 0.271. The molecule has 0 fully saturated rings. The molecule has 0 amide bonds. The van der Waals surface area contributed by atoms with Crippen LogP contribution < -0.4 is 11.0 Å². The molecular formula is C3H3N3O2. The predicted octanol–water partition coefficient (Wildman–Crippen LogP) is 0.359. The minimum atomic E-state index is 0.588. The molecule has 0 aliphatic carbocycles. The first kappa shape index (κ1) is 3.73. The predicted molar refractivity (Wildman–Crippen MR) is 24.8 cm³/mol. The van der Waals surface area contributed by atoms with Gasteiger partial charge in [-0.2, -0.15) is 4.94 Å². The van der Waals surface area contributed by atoms with Gasteiger partial charge < -0.3 is 4.52 Å². The maximum atomic E-state index is 4.53. The van der Waals surface area contributed by atoms with Gasteiger partial charge in [-0.15, -0.1) is 0 Å². The van der Waals surface area contributed by atoms with Crippen molar-refractivity contribution in [2.45, 2.75) is 0 Å². The van der Waals surface area contributed by atoms with Crippen molar-refractivity contribution in [1.29, 1.82) is 0 Å². The molecule has 0 saturated carbocycles. The van der Waals surface area contributed by atoms with E-state index in [0.29, 0.717) is 5.82 Å². The molecule has 42 valence electrons. The minimum absolute atomic E-state index is 0.588. The van der Waals surface area contributed by atoms with Crippen LogP contribution >= 0.6 is 0 Å². The Balaban J connectivity index is 2.54. The SMILES string of the molecule is c1onc2c1NON2. The number of anilines is 2.